The maximum absolute atomic E-state index is 12.8. The molecule has 1 saturated heterocycles. The van der Waals surface area contributed by atoms with Crippen molar-refractivity contribution in [2.24, 2.45) is 0 Å². The highest BCUT2D eigenvalue weighted by atomic mass is 32.2. The molecule has 10 heteroatoms. The SMILES string of the molecule is O=C(CSc1ccc2c(c1)OCCO2)N1CCN(C(=O)c2ccccc2OC(F)F)CC1. The second-order valence-corrected chi connectivity index (χ2v) is 8.19. The molecule has 0 aromatic heterocycles. The molecule has 0 aliphatic carbocycles. The molecule has 0 N–H and O–H groups in total. The Morgan fingerprint density at radius 3 is 2.41 bits per heavy atom. The molecule has 2 aromatic carbocycles. The first-order valence-electron chi connectivity index (χ1n) is 10.1. The number of benzene rings is 2. The van der Waals surface area contributed by atoms with Gasteiger partial charge in [-0.05, 0) is 30.3 Å². The lowest BCUT2D eigenvalue weighted by Gasteiger charge is -2.35. The van der Waals surface area contributed by atoms with Crippen molar-refractivity contribution in [1.82, 2.24) is 9.80 Å². The smallest absolute Gasteiger partial charge is 0.387 e. The lowest BCUT2D eigenvalue weighted by molar-refractivity contribution is -0.129. The molecule has 32 heavy (non-hydrogen) atoms. The number of carbonyl (C=O) groups is 2. The van der Waals surface area contributed by atoms with E-state index < -0.39 is 6.61 Å². The van der Waals surface area contributed by atoms with Crippen molar-refractivity contribution in [3.05, 3.63) is 48.0 Å². The van der Waals surface area contributed by atoms with E-state index in [0.717, 1.165) is 4.90 Å². The Balaban J connectivity index is 1.29. The van der Waals surface area contributed by atoms with Gasteiger partial charge in [-0.1, -0.05) is 12.1 Å². The van der Waals surface area contributed by atoms with Gasteiger partial charge in [-0.2, -0.15) is 8.78 Å². The van der Waals surface area contributed by atoms with E-state index >= 15 is 0 Å². The monoisotopic (exact) mass is 464 g/mol. The Morgan fingerprint density at radius 1 is 0.969 bits per heavy atom. The molecule has 7 nitrogen and oxygen atoms in total. The lowest BCUT2D eigenvalue weighted by atomic mass is 10.1. The summed E-state index contributed by atoms with van der Waals surface area (Å²) in [4.78, 5) is 29.6. The first kappa shape index (κ1) is 22.2. The van der Waals surface area contributed by atoms with E-state index in [1.165, 1.54) is 30.0 Å². The van der Waals surface area contributed by atoms with Crippen LogP contribution in [-0.2, 0) is 4.79 Å². The van der Waals surface area contributed by atoms with Gasteiger partial charge < -0.3 is 24.0 Å². The minimum atomic E-state index is -3.01. The van der Waals surface area contributed by atoms with Gasteiger partial charge in [0.25, 0.3) is 5.91 Å². The van der Waals surface area contributed by atoms with Crippen molar-refractivity contribution in [2.75, 3.05) is 45.1 Å². The summed E-state index contributed by atoms with van der Waals surface area (Å²) < 4.78 is 40.8. The number of carbonyl (C=O) groups excluding carboxylic acids is 2. The maximum Gasteiger partial charge on any atom is 0.387 e. The molecule has 0 unspecified atom stereocenters. The molecule has 0 bridgehead atoms. The summed E-state index contributed by atoms with van der Waals surface area (Å²) in [5, 5.41) is 0. The van der Waals surface area contributed by atoms with E-state index in [-0.39, 0.29) is 28.9 Å². The topological polar surface area (TPSA) is 68.3 Å². The third kappa shape index (κ3) is 5.24. The molecule has 2 heterocycles. The number of nitrogens with zero attached hydrogens (tertiary/aromatic N) is 2. The number of piperazine rings is 1. The molecule has 4 rings (SSSR count). The van der Waals surface area contributed by atoms with E-state index in [1.54, 1.807) is 15.9 Å². The van der Waals surface area contributed by atoms with Crippen molar-refractivity contribution in [2.45, 2.75) is 11.5 Å². The van der Waals surface area contributed by atoms with Crippen LogP contribution in [0.3, 0.4) is 0 Å². The fraction of sp³-hybridized carbons (Fsp3) is 0.364. The van der Waals surface area contributed by atoms with Crippen molar-refractivity contribution in [3.8, 4) is 17.2 Å². The van der Waals surface area contributed by atoms with Crippen LogP contribution in [0.1, 0.15) is 10.4 Å². The average molecular weight is 464 g/mol. The second-order valence-electron chi connectivity index (χ2n) is 7.14. The highest BCUT2D eigenvalue weighted by molar-refractivity contribution is 8.00. The number of ether oxygens (including phenoxy) is 3. The van der Waals surface area contributed by atoms with E-state index in [9.17, 15) is 18.4 Å². The Labute approximate surface area is 188 Å². The standard InChI is InChI=1S/C22H22F2N2O5S/c23-22(24)31-17-4-2-1-3-16(17)21(28)26-9-7-25(8-10-26)20(27)14-32-15-5-6-18-19(13-15)30-12-11-29-18/h1-6,13,22H,7-12,14H2. The van der Waals surface area contributed by atoms with E-state index in [2.05, 4.69) is 4.74 Å². The Bertz CT molecular complexity index is 983. The van der Waals surface area contributed by atoms with Crippen molar-refractivity contribution in [3.63, 3.8) is 0 Å². The molecule has 2 aliphatic heterocycles. The fourth-order valence-electron chi connectivity index (χ4n) is 3.52. The molecule has 170 valence electrons. The molecular weight excluding hydrogens is 442 g/mol. The van der Waals surface area contributed by atoms with Crippen LogP contribution < -0.4 is 14.2 Å². The van der Waals surface area contributed by atoms with Crippen LogP contribution in [0.5, 0.6) is 17.2 Å². The van der Waals surface area contributed by atoms with Crippen molar-refractivity contribution in [1.29, 1.82) is 0 Å². The Kier molecular flexibility index (Phi) is 6.99. The Hall–Kier alpha value is -3.01. The van der Waals surface area contributed by atoms with Crippen LogP contribution >= 0.6 is 11.8 Å². The highest BCUT2D eigenvalue weighted by Gasteiger charge is 2.27. The van der Waals surface area contributed by atoms with Gasteiger partial charge in [0.05, 0.1) is 11.3 Å². The van der Waals surface area contributed by atoms with Gasteiger partial charge >= 0.3 is 6.61 Å². The summed E-state index contributed by atoms with van der Waals surface area (Å²) in [5.41, 5.74) is 0.0849. The molecule has 0 radical (unpaired) electrons. The predicted molar refractivity (Wildman–Crippen MR) is 114 cm³/mol. The lowest BCUT2D eigenvalue weighted by Crippen LogP contribution is -2.51. The van der Waals surface area contributed by atoms with Crippen LogP contribution in [0.25, 0.3) is 0 Å². The normalized spacial score (nSPS) is 15.6. The summed E-state index contributed by atoms with van der Waals surface area (Å²) in [6.45, 7) is -0.581. The minimum Gasteiger partial charge on any atom is -0.486 e. The second kappa shape index (κ2) is 10.1. The molecule has 2 amide bonds. The quantitative estimate of drug-likeness (QED) is 0.612. The molecule has 0 spiro atoms. The van der Waals surface area contributed by atoms with Gasteiger partial charge in [-0.3, -0.25) is 9.59 Å². The molecule has 2 aromatic rings. The number of alkyl halides is 2. The molecule has 2 aliphatic rings. The maximum atomic E-state index is 12.8. The Morgan fingerprint density at radius 2 is 1.66 bits per heavy atom. The van der Waals surface area contributed by atoms with Crippen LogP contribution in [-0.4, -0.2) is 73.4 Å². The number of hydrogen-bond donors (Lipinski definition) is 0. The minimum absolute atomic E-state index is 0.0292. The summed E-state index contributed by atoms with van der Waals surface area (Å²) in [5.74, 6) is 1.07. The van der Waals surface area contributed by atoms with E-state index in [0.29, 0.717) is 50.9 Å². The number of amides is 2. The zero-order chi connectivity index (χ0) is 22.5. The summed E-state index contributed by atoms with van der Waals surface area (Å²) in [7, 11) is 0. The fourth-order valence-corrected chi connectivity index (χ4v) is 4.35. The van der Waals surface area contributed by atoms with E-state index in [1.807, 2.05) is 18.2 Å². The summed E-state index contributed by atoms with van der Waals surface area (Å²) in [6.07, 6.45) is 0. The third-order valence-corrected chi connectivity index (χ3v) is 6.11. The van der Waals surface area contributed by atoms with Gasteiger partial charge in [-0.25, -0.2) is 0 Å². The number of hydrogen-bond acceptors (Lipinski definition) is 6. The van der Waals surface area contributed by atoms with E-state index in [4.69, 9.17) is 9.47 Å². The zero-order valence-corrected chi connectivity index (χ0v) is 18.0. The molecule has 1 fully saturated rings. The van der Waals surface area contributed by atoms with Crippen LogP contribution in [0.4, 0.5) is 8.78 Å². The number of halogens is 2. The number of rotatable bonds is 6. The average Bonchev–Trinajstić information content (AvgIpc) is 2.82. The first-order chi connectivity index (χ1) is 15.5. The van der Waals surface area contributed by atoms with Crippen LogP contribution in [0.2, 0.25) is 0 Å². The van der Waals surface area contributed by atoms with Gasteiger partial charge in [0.2, 0.25) is 5.91 Å². The summed E-state index contributed by atoms with van der Waals surface area (Å²) >= 11 is 1.41. The van der Waals surface area contributed by atoms with Crippen LogP contribution in [0, 0.1) is 0 Å². The number of thioether (sulfide) groups is 1. The van der Waals surface area contributed by atoms with Gasteiger partial charge in [0.15, 0.2) is 11.5 Å². The van der Waals surface area contributed by atoms with Gasteiger partial charge in [-0.15, -0.1) is 11.8 Å². The number of para-hydroxylation sites is 1. The number of fused-ring (bicyclic) bond motifs is 1. The summed E-state index contributed by atoms with van der Waals surface area (Å²) in [6, 6.07) is 11.5. The molecule has 0 saturated carbocycles. The first-order valence-corrected chi connectivity index (χ1v) is 11.1. The molecule has 0 atom stereocenters. The van der Waals surface area contributed by atoms with Gasteiger partial charge in [0.1, 0.15) is 19.0 Å². The zero-order valence-electron chi connectivity index (χ0n) is 17.2. The third-order valence-electron chi connectivity index (χ3n) is 5.13. The van der Waals surface area contributed by atoms with Crippen LogP contribution in [0.15, 0.2) is 47.4 Å². The molecular formula is C22H22F2N2O5S. The largest absolute Gasteiger partial charge is 0.486 e. The highest BCUT2D eigenvalue weighted by Crippen LogP contribution is 2.34. The predicted octanol–water partition coefficient (Wildman–Crippen LogP) is 3.14. The van der Waals surface area contributed by atoms with Crippen molar-refractivity contribution >= 4 is 23.6 Å². The van der Waals surface area contributed by atoms with Gasteiger partial charge in [0, 0.05) is 31.1 Å². The van der Waals surface area contributed by atoms with Crippen molar-refractivity contribution < 1.29 is 32.6 Å².